The van der Waals surface area contributed by atoms with Crippen LogP contribution in [0.2, 0.25) is 0 Å². The monoisotopic (exact) mass is 232 g/mol. The van der Waals surface area contributed by atoms with Gasteiger partial charge in [-0.15, -0.1) is 0 Å². The van der Waals surface area contributed by atoms with E-state index in [1.807, 2.05) is 19.9 Å². The molecule has 1 N–H and O–H groups in total. The first-order valence-electron chi connectivity index (χ1n) is 5.05. The van der Waals surface area contributed by atoms with E-state index in [4.69, 9.17) is 14.5 Å². The molecule has 0 bridgehead atoms. The van der Waals surface area contributed by atoms with Crippen LogP contribution >= 0.6 is 0 Å². The van der Waals surface area contributed by atoms with Gasteiger partial charge < -0.3 is 14.2 Å². The summed E-state index contributed by atoms with van der Waals surface area (Å²) in [6, 6.07) is 3.65. The Morgan fingerprint density at radius 3 is 2.88 bits per heavy atom. The molecular weight excluding hydrogens is 220 g/mol. The first kappa shape index (κ1) is 11.4. The Morgan fingerprint density at radius 2 is 2.29 bits per heavy atom. The van der Waals surface area contributed by atoms with E-state index in [9.17, 15) is 0 Å². The van der Waals surface area contributed by atoms with Crippen molar-refractivity contribution in [1.29, 1.82) is 5.26 Å². The molecule has 0 aromatic carbocycles. The minimum Gasteiger partial charge on any atom is -0.371 e. The molecule has 0 atom stereocenters. The molecule has 2 rings (SSSR count). The van der Waals surface area contributed by atoms with Gasteiger partial charge in [-0.3, -0.25) is 0 Å². The number of aromatic nitrogens is 3. The highest BCUT2D eigenvalue weighted by atomic mass is 16.5. The summed E-state index contributed by atoms with van der Waals surface area (Å²) >= 11 is 0. The lowest BCUT2D eigenvalue weighted by molar-refractivity contribution is 0.00973. The van der Waals surface area contributed by atoms with Gasteiger partial charge in [0.2, 0.25) is 5.82 Å². The third-order valence-corrected chi connectivity index (χ3v) is 2.53. The minimum atomic E-state index is -0.601. The van der Waals surface area contributed by atoms with Crippen molar-refractivity contribution in [3.63, 3.8) is 0 Å². The van der Waals surface area contributed by atoms with Gasteiger partial charge in [0, 0.05) is 13.3 Å². The molecule has 2 aromatic heterocycles. The number of nitriles is 1. The molecule has 0 aliphatic heterocycles. The fraction of sp³-hybridized carbons (Fsp3) is 0.364. The van der Waals surface area contributed by atoms with E-state index in [-0.39, 0.29) is 0 Å². The standard InChI is InChI=1S/C11H12N4O2/c1-11(2,16-3)10-14-9(17-15-10)7-4-8(5-12)13-6-7/h4,6,13H,1-3H3. The van der Waals surface area contributed by atoms with Crippen LogP contribution in [0.5, 0.6) is 0 Å². The van der Waals surface area contributed by atoms with E-state index in [1.165, 1.54) is 0 Å². The molecule has 0 aliphatic carbocycles. The number of H-pyrrole nitrogens is 1. The van der Waals surface area contributed by atoms with Gasteiger partial charge in [-0.2, -0.15) is 10.2 Å². The number of nitrogens with one attached hydrogen (secondary N) is 1. The summed E-state index contributed by atoms with van der Waals surface area (Å²) < 4.78 is 10.4. The maximum atomic E-state index is 8.70. The van der Waals surface area contributed by atoms with Crippen molar-refractivity contribution in [2.45, 2.75) is 19.4 Å². The number of nitrogens with zero attached hydrogens (tertiary/aromatic N) is 3. The molecule has 0 unspecified atom stereocenters. The minimum absolute atomic E-state index is 0.364. The average Bonchev–Trinajstić information content (AvgIpc) is 2.97. The first-order valence-corrected chi connectivity index (χ1v) is 5.05. The Morgan fingerprint density at radius 1 is 1.53 bits per heavy atom. The molecule has 2 heterocycles. The second-order valence-corrected chi connectivity index (χ2v) is 4.05. The van der Waals surface area contributed by atoms with Crippen LogP contribution in [0, 0.1) is 11.3 Å². The van der Waals surface area contributed by atoms with Gasteiger partial charge in [0.25, 0.3) is 5.89 Å². The zero-order chi connectivity index (χ0) is 12.5. The molecule has 0 aliphatic rings. The fourth-order valence-corrected chi connectivity index (χ4v) is 1.26. The fourth-order valence-electron chi connectivity index (χ4n) is 1.26. The Kier molecular flexibility index (Phi) is 2.69. The van der Waals surface area contributed by atoms with Crippen LogP contribution in [-0.4, -0.2) is 22.2 Å². The van der Waals surface area contributed by atoms with Gasteiger partial charge in [-0.05, 0) is 19.9 Å². The summed E-state index contributed by atoms with van der Waals surface area (Å²) in [7, 11) is 1.58. The summed E-state index contributed by atoms with van der Waals surface area (Å²) in [4.78, 5) is 7.03. The molecule has 0 saturated carbocycles. The lowest BCUT2D eigenvalue weighted by Gasteiger charge is -2.17. The summed E-state index contributed by atoms with van der Waals surface area (Å²) in [6.07, 6.45) is 1.65. The number of hydrogen-bond acceptors (Lipinski definition) is 5. The maximum Gasteiger partial charge on any atom is 0.259 e. The van der Waals surface area contributed by atoms with Gasteiger partial charge in [-0.25, -0.2) is 0 Å². The third-order valence-electron chi connectivity index (χ3n) is 2.53. The van der Waals surface area contributed by atoms with Crippen LogP contribution < -0.4 is 0 Å². The van der Waals surface area contributed by atoms with E-state index in [0.29, 0.717) is 23.0 Å². The van der Waals surface area contributed by atoms with E-state index >= 15 is 0 Å². The van der Waals surface area contributed by atoms with Gasteiger partial charge >= 0.3 is 0 Å². The summed E-state index contributed by atoms with van der Waals surface area (Å²) in [6.45, 7) is 3.69. The van der Waals surface area contributed by atoms with Crippen LogP contribution in [0.1, 0.15) is 25.4 Å². The lowest BCUT2D eigenvalue weighted by atomic mass is 10.1. The molecule has 2 aromatic rings. The van der Waals surface area contributed by atoms with E-state index in [1.54, 1.807) is 19.4 Å². The van der Waals surface area contributed by atoms with Crippen molar-refractivity contribution in [2.24, 2.45) is 0 Å². The molecular formula is C11H12N4O2. The van der Waals surface area contributed by atoms with Crippen LogP contribution in [0.3, 0.4) is 0 Å². The zero-order valence-electron chi connectivity index (χ0n) is 9.81. The summed E-state index contributed by atoms with van der Waals surface area (Å²) in [5, 5.41) is 12.6. The smallest absolute Gasteiger partial charge is 0.259 e. The van der Waals surface area contributed by atoms with Gasteiger partial charge in [0.1, 0.15) is 17.4 Å². The van der Waals surface area contributed by atoms with Crippen LogP contribution in [0.15, 0.2) is 16.8 Å². The molecule has 0 fully saturated rings. The first-order chi connectivity index (χ1) is 8.06. The van der Waals surface area contributed by atoms with Crippen LogP contribution in [0.4, 0.5) is 0 Å². The third kappa shape index (κ3) is 2.05. The van der Waals surface area contributed by atoms with Crippen molar-refractivity contribution in [2.75, 3.05) is 7.11 Å². The number of methoxy groups -OCH3 is 1. The molecule has 0 radical (unpaired) electrons. The molecule has 0 spiro atoms. The highest BCUT2D eigenvalue weighted by Gasteiger charge is 2.26. The number of ether oxygens (including phenoxy) is 1. The second-order valence-electron chi connectivity index (χ2n) is 4.05. The van der Waals surface area contributed by atoms with Crippen molar-refractivity contribution in [3.05, 3.63) is 23.8 Å². The lowest BCUT2D eigenvalue weighted by Crippen LogP contribution is -2.21. The van der Waals surface area contributed by atoms with Gasteiger partial charge in [0.05, 0.1) is 5.56 Å². The normalized spacial score (nSPS) is 11.4. The highest BCUT2D eigenvalue weighted by Crippen LogP contribution is 2.24. The Hall–Kier alpha value is -2.13. The largest absolute Gasteiger partial charge is 0.371 e. The summed E-state index contributed by atoms with van der Waals surface area (Å²) in [5.41, 5.74) is 0.536. The molecule has 6 heteroatoms. The quantitative estimate of drug-likeness (QED) is 0.871. The Bertz CT molecular complexity index is 562. The topological polar surface area (TPSA) is 87.7 Å². The number of hydrogen-bond donors (Lipinski definition) is 1. The SMILES string of the molecule is COC(C)(C)c1noc(-c2c[nH]c(C#N)c2)n1. The van der Waals surface area contributed by atoms with Crippen molar-refractivity contribution < 1.29 is 9.26 Å². The van der Waals surface area contributed by atoms with Crippen molar-refractivity contribution >= 4 is 0 Å². The molecule has 17 heavy (non-hydrogen) atoms. The summed E-state index contributed by atoms with van der Waals surface area (Å²) in [5.74, 6) is 0.831. The molecule has 0 saturated heterocycles. The Labute approximate surface area is 98.2 Å². The molecule has 6 nitrogen and oxygen atoms in total. The predicted molar refractivity (Wildman–Crippen MR) is 58.8 cm³/mol. The highest BCUT2D eigenvalue weighted by molar-refractivity contribution is 5.54. The predicted octanol–water partition coefficient (Wildman–Crippen LogP) is 1.82. The molecule has 0 amide bonds. The Balaban J connectivity index is 2.33. The number of rotatable bonds is 3. The van der Waals surface area contributed by atoms with Crippen LogP contribution in [-0.2, 0) is 10.3 Å². The van der Waals surface area contributed by atoms with Gasteiger partial charge in [0.15, 0.2) is 0 Å². The maximum absolute atomic E-state index is 8.70. The van der Waals surface area contributed by atoms with E-state index in [2.05, 4.69) is 15.1 Å². The average molecular weight is 232 g/mol. The molecule has 88 valence electrons. The van der Waals surface area contributed by atoms with Gasteiger partial charge in [-0.1, -0.05) is 5.16 Å². The van der Waals surface area contributed by atoms with E-state index in [0.717, 1.165) is 0 Å². The van der Waals surface area contributed by atoms with Crippen molar-refractivity contribution in [1.82, 2.24) is 15.1 Å². The zero-order valence-corrected chi connectivity index (χ0v) is 9.81. The second kappa shape index (κ2) is 4.03. The number of aromatic amines is 1. The van der Waals surface area contributed by atoms with Crippen molar-refractivity contribution in [3.8, 4) is 17.5 Å². The van der Waals surface area contributed by atoms with E-state index < -0.39 is 5.60 Å². The van der Waals surface area contributed by atoms with Crippen LogP contribution in [0.25, 0.3) is 11.5 Å².